The number of carboxylic acids is 1. The second kappa shape index (κ2) is 12.7. The number of likely N-dealkylation sites (N-methyl/N-ethyl adjacent to an activating group) is 1. The van der Waals surface area contributed by atoms with E-state index in [2.05, 4.69) is 4.90 Å². The molecular weight excluding hydrogens is 531 g/mol. The third kappa shape index (κ3) is 6.63. The van der Waals surface area contributed by atoms with Gasteiger partial charge >= 0.3 is 5.97 Å². The number of hydrogen-bond acceptors (Lipinski definition) is 4. The van der Waals surface area contributed by atoms with Crippen LogP contribution >= 0.6 is 0 Å². The zero-order valence-electron chi connectivity index (χ0n) is 24.4. The standard InChI is InChI=1S/C35H37FN2O4/c1-23-9-15-30(32(36)20-23)31-7-4-6-25-21-26(35(40)41)12-16-29(25)34(31)24-10-13-27(14-11-24)42-28-17-19-38(22-28)18-5-8-33(39)37(2)3/h5,8-16,20-21,28H,4,6-7,17-19,22H2,1-3H3,(H,40,41)/t28-/m0/s1. The Labute approximate surface area is 246 Å². The van der Waals surface area contributed by atoms with Crippen LogP contribution in [0.5, 0.6) is 5.75 Å². The molecule has 3 aromatic carbocycles. The van der Waals surface area contributed by atoms with Gasteiger partial charge in [-0.15, -0.1) is 0 Å². The number of nitrogens with zero attached hydrogens (tertiary/aromatic N) is 2. The molecule has 3 aromatic rings. The van der Waals surface area contributed by atoms with Gasteiger partial charge in [0, 0.05) is 45.4 Å². The summed E-state index contributed by atoms with van der Waals surface area (Å²) in [6.45, 7) is 4.26. The van der Waals surface area contributed by atoms with Crippen LogP contribution in [0.15, 0.2) is 72.8 Å². The number of carbonyl (C=O) groups is 2. The molecule has 0 unspecified atom stereocenters. The Morgan fingerprint density at radius 1 is 1.05 bits per heavy atom. The van der Waals surface area contributed by atoms with Crippen molar-refractivity contribution in [2.24, 2.45) is 0 Å². The van der Waals surface area contributed by atoms with Crippen LogP contribution in [-0.4, -0.2) is 66.6 Å². The van der Waals surface area contributed by atoms with Gasteiger partial charge < -0.3 is 14.7 Å². The molecule has 0 saturated carbocycles. The van der Waals surface area contributed by atoms with Crippen LogP contribution in [0.1, 0.15) is 57.4 Å². The molecule has 1 heterocycles. The number of fused-ring (bicyclic) bond motifs is 1. The van der Waals surface area contributed by atoms with Gasteiger partial charge in [-0.2, -0.15) is 0 Å². The van der Waals surface area contributed by atoms with Gasteiger partial charge in [0.15, 0.2) is 0 Å². The summed E-state index contributed by atoms with van der Waals surface area (Å²) in [5.41, 5.74) is 6.39. The Bertz CT molecular complexity index is 1540. The van der Waals surface area contributed by atoms with Gasteiger partial charge in [0.25, 0.3) is 0 Å². The van der Waals surface area contributed by atoms with Crippen molar-refractivity contribution in [3.05, 3.63) is 112 Å². The molecule has 1 aliphatic carbocycles. The highest BCUT2D eigenvalue weighted by Crippen LogP contribution is 2.41. The average molecular weight is 569 g/mol. The number of ether oxygens (including phenoxy) is 1. The van der Waals surface area contributed by atoms with Crippen molar-refractivity contribution in [3.63, 3.8) is 0 Å². The quantitative estimate of drug-likeness (QED) is 0.327. The van der Waals surface area contributed by atoms with Crippen LogP contribution in [-0.2, 0) is 11.2 Å². The lowest BCUT2D eigenvalue weighted by Crippen LogP contribution is -2.25. The third-order valence-electron chi connectivity index (χ3n) is 7.99. The maximum absolute atomic E-state index is 15.3. The van der Waals surface area contributed by atoms with Gasteiger partial charge in [0.2, 0.25) is 5.91 Å². The minimum absolute atomic E-state index is 0.0240. The summed E-state index contributed by atoms with van der Waals surface area (Å²) in [4.78, 5) is 27.3. The number of aryl methyl sites for hydroxylation is 2. The van der Waals surface area contributed by atoms with Crippen LogP contribution in [0.4, 0.5) is 4.39 Å². The molecule has 2 aliphatic rings. The third-order valence-corrected chi connectivity index (χ3v) is 7.99. The van der Waals surface area contributed by atoms with E-state index in [1.54, 1.807) is 43.3 Å². The highest BCUT2D eigenvalue weighted by Gasteiger charge is 2.25. The molecule has 1 fully saturated rings. The minimum atomic E-state index is -0.956. The molecule has 7 heteroatoms. The molecule has 1 saturated heterocycles. The smallest absolute Gasteiger partial charge is 0.335 e. The molecule has 1 aliphatic heterocycles. The monoisotopic (exact) mass is 568 g/mol. The maximum atomic E-state index is 15.3. The molecule has 1 amide bonds. The van der Waals surface area contributed by atoms with E-state index in [4.69, 9.17) is 4.74 Å². The summed E-state index contributed by atoms with van der Waals surface area (Å²) in [6.07, 6.45) is 6.64. The van der Waals surface area contributed by atoms with Gasteiger partial charge in [0.1, 0.15) is 17.7 Å². The van der Waals surface area contributed by atoms with Crippen LogP contribution in [0.25, 0.3) is 11.1 Å². The number of allylic oxidation sites excluding steroid dienone is 1. The first kappa shape index (κ1) is 29.3. The van der Waals surface area contributed by atoms with Gasteiger partial charge in [-0.05, 0) is 96.3 Å². The van der Waals surface area contributed by atoms with Crippen LogP contribution < -0.4 is 4.74 Å². The second-order valence-electron chi connectivity index (χ2n) is 11.3. The van der Waals surface area contributed by atoms with Crippen molar-refractivity contribution >= 4 is 23.0 Å². The predicted octanol–water partition coefficient (Wildman–Crippen LogP) is 6.23. The molecule has 6 nitrogen and oxygen atoms in total. The first-order valence-electron chi connectivity index (χ1n) is 14.4. The Morgan fingerprint density at radius 2 is 1.81 bits per heavy atom. The van der Waals surface area contributed by atoms with Crippen molar-refractivity contribution in [1.82, 2.24) is 9.80 Å². The van der Waals surface area contributed by atoms with Crippen LogP contribution in [0.2, 0.25) is 0 Å². The number of benzene rings is 3. The maximum Gasteiger partial charge on any atom is 0.335 e. The second-order valence-corrected chi connectivity index (χ2v) is 11.3. The summed E-state index contributed by atoms with van der Waals surface area (Å²) in [5, 5.41) is 9.58. The fourth-order valence-electron chi connectivity index (χ4n) is 5.79. The Morgan fingerprint density at radius 3 is 2.52 bits per heavy atom. The molecule has 5 rings (SSSR count). The molecule has 218 valence electrons. The largest absolute Gasteiger partial charge is 0.489 e. The average Bonchev–Trinajstić information content (AvgIpc) is 3.31. The topological polar surface area (TPSA) is 70.1 Å². The van der Waals surface area contributed by atoms with Crippen LogP contribution in [0, 0.1) is 12.7 Å². The van der Waals surface area contributed by atoms with E-state index < -0.39 is 5.97 Å². The van der Waals surface area contributed by atoms with Gasteiger partial charge in [-0.25, -0.2) is 9.18 Å². The number of halogens is 1. The summed E-state index contributed by atoms with van der Waals surface area (Å²) in [6, 6.07) is 18.5. The van der Waals surface area contributed by atoms with E-state index in [1.807, 2.05) is 55.5 Å². The number of carbonyl (C=O) groups excluding carboxylic acids is 1. The number of hydrogen-bond donors (Lipinski definition) is 1. The molecular formula is C35H37FN2O4. The highest BCUT2D eigenvalue weighted by atomic mass is 19.1. The fourth-order valence-corrected chi connectivity index (χ4v) is 5.79. The lowest BCUT2D eigenvalue weighted by atomic mass is 9.87. The summed E-state index contributed by atoms with van der Waals surface area (Å²) < 4.78 is 21.6. The zero-order chi connectivity index (χ0) is 29.8. The van der Waals surface area contributed by atoms with E-state index >= 15 is 4.39 Å². The van der Waals surface area contributed by atoms with Crippen molar-refractivity contribution in [3.8, 4) is 5.75 Å². The molecule has 0 bridgehead atoms. The summed E-state index contributed by atoms with van der Waals surface area (Å²) in [5.74, 6) is -0.464. The molecule has 0 radical (unpaired) electrons. The molecule has 1 atom stereocenters. The van der Waals surface area contributed by atoms with Gasteiger partial charge in [-0.1, -0.05) is 36.4 Å². The number of rotatable bonds is 8. The zero-order valence-corrected chi connectivity index (χ0v) is 24.4. The van der Waals surface area contributed by atoms with Gasteiger partial charge in [-0.3, -0.25) is 9.69 Å². The Kier molecular flexibility index (Phi) is 8.88. The summed E-state index contributed by atoms with van der Waals surface area (Å²) in [7, 11) is 3.47. The normalized spacial score (nSPS) is 17.3. The van der Waals surface area contributed by atoms with E-state index in [-0.39, 0.29) is 23.4 Å². The van der Waals surface area contributed by atoms with Gasteiger partial charge in [0.05, 0.1) is 5.56 Å². The van der Waals surface area contributed by atoms with Crippen molar-refractivity contribution < 1.29 is 23.8 Å². The number of carboxylic acid groups (broad SMARTS) is 1. The number of aromatic carboxylic acids is 1. The lowest BCUT2D eigenvalue weighted by Gasteiger charge is -2.19. The SMILES string of the molecule is Cc1ccc(C2=C(c3ccc(O[C@H]4CCN(CC=CC(=O)N(C)C)C4)cc3)c3ccc(C(=O)O)cc3CCC2)c(F)c1. The van der Waals surface area contributed by atoms with E-state index in [0.29, 0.717) is 18.5 Å². The van der Waals surface area contributed by atoms with Crippen molar-refractivity contribution in [2.45, 2.75) is 38.7 Å². The molecule has 0 spiro atoms. The Hall–Kier alpha value is -4.23. The highest BCUT2D eigenvalue weighted by molar-refractivity contribution is 6.00. The first-order valence-corrected chi connectivity index (χ1v) is 14.4. The molecule has 42 heavy (non-hydrogen) atoms. The Balaban J connectivity index is 1.41. The van der Waals surface area contributed by atoms with Crippen LogP contribution in [0.3, 0.4) is 0 Å². The summed E-state index contributed by atoms with van der Waals surface area (Å²) >= 11 is 0. The van der Waals surface area contributed by atoms with E-state index in [9.17, 15) is 14.7 Å². The number of amides is 1. The first-order chi connectivity index (χ1) is 20.2. The molecule has 0 aromatic heterocycles. The van der Waals surface area contributed by atoms with E-state index in [0.717, 1.165) is 71.5 Å². The predicted molar refractivity (Wildman–Crippen MR) is 163 cm³/mol. The minimum Gasteiger partial charge on any atom is -0.489 e. The fraction of sp³-hybridized carbons (Fsp3) is 0.314. The van der Waals surface area contributed by atoms with Crippen molar-refractivity contribution in [2.75, 3.05) is 33.7 Å². The number of likely N-dealkylation sites (tertiary alicyclic amines) is 1. The van der Waals surface area contributed by atoms with E-state index in [1.165, 1.54) is 0 Å². The molecule has 1 N–H and O–H groups in total. The lowest BCUT2D eigenvalue weighted by molar-refractivity contribution is -0.123. The van der Waals surface area contributed by atoms with Crippen molar-refractivity contribution in [1.29, 1.82) is 0 Å².